The predicted molar refractivity (Wildman–Crippen MR) is 243 cm³/mol. The molecule has 5 nitrogen and oxygen atoms in total. The minimum atomic E-state index is 0.735. The van der Waals surface area contributed by atoms with E-state index < -0.39 is 0 Å². The lowest BCUT2D eigenvalue weighted by atomic mass is 9.99. The molecule has 0 spiro atoms. The molecular formula is C54H32N4O. The van der Waals surface area contributed by atoms with Gasteiger partial charge in [-0.15, -0.1) is 0 Å². The van der Waals surface area contributed by atoms with Gasteiger partial charge < -0.3 is 4.42 Å². The van der Waals surface area contributed by atoms with E-state index in [4.69, 9.17) is 9.40 Å². The van der Waals surface area contributed by atoms with Crippen LogP contribution in [-0.2, 0) is 0 Å². The Balaban J connectivity index is 1.36. The van der Waals surface area contributed by atoms with Gasteiger partial charge in [-0.25, -0.2) is 4.98 Å². The summed E-state index contributed by atoms with van der Waals surface area (Å²) < 4.78 is 13.5. The average Bonchev–Trinajstić information content (AvgIpc) is 3.85. The first kappa shape index (κ1) is 32.1. The minimum Gasteiger partial charge on any atom is -0.458 e. The van der Waals surface area contributed by atoms with Crippen molar-refractivity contribution in [2.24, 2.45) is 0 Å². The molecule has 274 valence electrons. The zero-order valence-corrected chi connectivity index (χ0v) is 31.7. The summed E-state index contributed by atoms with van der Waals surface area (Å²) >= 11 is 0. The fourth-order valence-electron chi connectivity index (χ4n) is 9.57. The Bertz CT molecular complexity index is 4040. The Morgan fingerprint density at radius 3 is 1.73 bits per heavy atom. The van der Waals surface area contributed by atoms with Crippen molar-refractivity contribution >= 4 is 109 Å². The molecule has 5 heteroatoms. The first-order valence-corrected chi connectivity index (χ1v) is 20.0. The molecule has 0 unspecified atom stereocenters. The molecule has 8 bridgehead atoms. The molecule has 59 heavy (non-hydrogen) atoms. The van der Waals surface area contributed by atoms with Gasteiger partial charge in [0.1, 0.15) is 16.8 Å². The Labute approximate surface area is 336 Å². The van der Waals surface area contributed by atoms with E-state index in [1.54, 1.807) is 0 Å². The number of aromatic nitrogens is 4. The maximum absolute atomic E-state index is 6.75. The molecule has 13 rings (SSSR count). The molecule has 11 aromatic rings. The lowest BCUT2D eigenvalue weighted by Crippen LogP contribution is -2.30. The summed E-state index contributed by atoms with van der Waals surface area (Å²) in [6, 6.07) is 69.2. The molecule has 0 radical (unpaired) electrons. The number of fused-ring (bicyclic) bond motifs is 20. The van der Waals surface area contributed by atoms with E-state index in [1.807, 2.05) is 6.07 Å². The number of pyridine rings is 1. The summed E-state index contributed by atoms with van der Waals surface area (Å²) in [5, 5.41) is 12.5. The molecule has 0 N–H and O–H groups in total. The monoisotopic (exact) mass is 752 g/mol. The van der Waals surface area contributed by atoms with Gasteiger partial charge in [0.05, 0.1) is 38.8 Å². The molecule has 0 saturated carbocycles. The molecule has 8 aromatic carbocycles. The highest BCUT2D eigenvalue weighted by molar-refractivity contribution is 6.20. The third-order valence-corrected chi connectivity index (χ3v) is 12.1. The quantitative estimate of drug-likeness (QED) is 0.114. The molecule has 0 aliphatic carbocycles. The number of benzene rings is 8. The smallest absolute Gasteiger partial charge is 0.269 e. The first-order chi connectivity index (χ1) is 29.3. The SMILES string of the molecule is [c-]1n2c3cccc(c3)oc3ccc4c5ccccc5n(c5cccc(n5)c5ccccc5c5cccc6c5-[n+]1c1c(cccc12)c1ccccc1c1ccccc61)c4c3. The molecule has 0 saturated heterocycles. The van der Waals surface area contributed by atoms with Crippen molar-refractivity contribution < 1.29 is 8.98 Å². The van der Waals surface area contributed by atoms with Gasteiger partial charge in [-0.05, 0) is 91.6 Å². The molecule has 0 fully saturated rings. The Kier molecular flexibility index (Phi) is 6.66. The van der Waals surface area contributed by atoms with Crippen molar-refractivity contribution in [2.45, 2.75) is 0 Å². The maximum Gasteiger partial charge on any atom is 0.269 e. The Morgan fingerprint density at radius 2 is 0.949 bits per heavy atom. The molecule has 0 amide bonds. The summed E-state index contributed by atoms with van der Waals surface area (Å²) in [6.07, 6.45) is 3.93. The van der Waals surface area contributed by atoms with Crippen molar-refractivity contribution in [3.63, 3.8) is 0 Å². The lowest BCUT2D eigenvalue weighted by Gasteiger charge is -2.12. The topological polar surface area (TPSA) is 38.7 Å². The summed E-state index contributed by atoms with van der Waals surface area (Å²) in [7, 11) is 0. The van der Waals surface area contributed by atoms with Gasteiger partial charge in [-0.1, -0.05) is 140 Å². The largest absolute Gasteiger partial charge is 0.458 e. The first-order valence-electron chi connectivity index (χ1n) is 20.0. The van der Waals surface area contributed by atoms with Crippen LogP contribution in [0.1, 0.15) is 0 Å². The Morgan fingerprint density at radius 1 is 0.407 bits per heavy atom. The maximum atomic E-state index is 6.75. The van der Waals surface area contributed by atoms with E-state index >= 15 is 0 Å². The number of nitrogens with zero attached hydrogens (tertiary/aromatic N) is 4. The van der Waals surface area contributed by atoms with Crippen LogP contribution in [0.3, 0.4) is 0 Å². The van der Waals surface area contributed by atoms with Crippen LogP contribution in [0.4, 0.5) is 0 Å². The third kappa shape index (κ3) is 4.67. The second-order valence-electron chi connectivity index (χ2n) is 15.3. The number of imidazole rings is 1. The second-order valence-corrected chi connectivity index (χ2v) is 15.3. The third-order valence-electron chi connectivity index (χ3n) is 12.1. The lowest BCUT2D eigenvalue weighted by molar-refractivity contribution is -0.568. The van der Waals surface area contributed by atoms with Crippen molar-refractivity contribution in [1.82, 2.24) is 13.8 Å². The summed E-state index contributed by atoms with van der Waals surface area (Å²) in [5.41, 5.74) is 9.43. The Hall–Kier alpha value is -8.02. The molecular weight excluding hydrogens is 721 g/mol. The highest BCUT2D eigenvalue weighted by Crippen LogP contribution is 2.37. The van der Waals surface area contributed by atoms with Gasteiger partial charge in [-0.3, -0.25) is 13.4 Å². The summed E-state index contributed by atoms with van der Waals surface area (Å²) in [4.78, 5) is 5.48. The highest BCUT2D eigenvalue weighted by Gasteiger charge is 2.19. The van der Waals surface area contributed by atoms with Gasteiger partial charge in [0.15, 0.2) is 0 Å². The molecule has 2 aliphatic rings. The molecule has 0 atom stereocenters. The van der Waals surface area contributed by atoms with Crippen molar-refractivity contribution in [1.29, 1.82) is 0 Å². The standard InChI is InChI=1S/C54H32N4O/c1-3-17-39-37(15-1)38-16-2-4-18-40(38)47-24-11-27-50-54(47)57-33-56(50)34-13-9-14-35(31-34)59-36-29-30-44-43-21-7-8-26-49(43)58(51(44)32-36)52-28-12-25-48(55-52)42-20-6-5-19-41(42)46-23-10-22-45(39)53(46)57/h1-32H. The minimum absolute atomic E-state index is 0.735. The van der Waals surface area contributed by atoms with Crippen LogP contribution in [0.5, 0.6) is 0 Å². The van der Waals surface area contributed by atoms with Gasteiger partial charge in [0.2, 0.25) is 0 Å². The van der Waals surface area contributed by atoms with Crippen LogP contribution in [0.2, 0.25) is 0 Å². The van der Waals surface area contributed by atoms with E-state index in [9.17, 15) is 0 Å². The van der Waals surface area contributed by atoms with Crippen LogP contribution in [0.15, 0.2) is 199 Å². The number of para-hydroxylation sites is 3. The van der Waals surface area contributed by atoms with Gasteiger partial charge in [0.25, 0.3) is 6.33 Å². The number of hydrogen-bond donors (Lipinski definition) is 0. The summed E-state index contributed by atoms with van der Waals surface area (Å²) in [6.45, 7) is 0. The summed E-state index contributed by atoms with van der Waals surface area (Å²) in [5.74, 6) is 0. The average molecular weight is 753 g/mol. The van der Waals surface area contributed by atoms with Gasteiger partial charge in [-0.2, -0.15) is 0 Å². The van der Waals surface area contributed by atoms with Crippen molar-refractivity contribution in [2.75, 3.05) is 0 Å². The van der Waals surface area contributed by atoms with Crippen LogP contribution < -0.4 is 4.57 Å². The van der Waals surface area contributed by atoms with Crippen LogP contribution in [0.25, 0.3) is 115 Å². The fraction of sp³-hybridized carbons (Fsp3) is 0. The van der Waals surface area contributed by atoms with Crippen LogP contribution >= 0.6 is 0 Å². The van der Waals surface area contributed by atoms with Crippen LogP contribution in [0, 0.1) is 6.33 Å². The zero-order chi connectivity index (χ0) is 38.6. The zero-order valence-electron chi connectivity index (χ0n) is 31.7. The van der Waals surface area contributed by atoms with Gasteiger partial charge in [0, 0.05) is 22.2 Å². The molecule has 5 heterocycles. The predicted octanol–water partition coefficient (Wildman–Crippen LogP) is 13.3. The van der Waals surface area contributed by atoms with Crippen molar-refractivity contribution in [3.8, 4) is 5.69 Å². The fourth-order valence-corrected chi connectivity index (χ4v) is 9.57. The van der Waals surface area contributed by atoms with E-state index in [2.05, 4.69) is 208 Å². The van der Waals surface area contributed by atoms with E-state index in [0.717, 1.165) is 98.7 Å². The highest BCUT2D eigenvalue weighted by atomic mass is 16.3. The van der Waals surface area contributed by atoms with Crippen LogP contribution in [-0.4, -0.2) is 13.8 Å². The van der Waals surface area contributed by atoms with E-state index in [0.29, 0.717) is 0 Å². The normalized spacial score (nSPS) is 12.1. The van der Waals surface area contributed by atoms with E-state index in [1.165, 1.54) is 16.2 Å². The molecule has 2 aliphatic heterocycles. The van der Waals surface area contributed by atoms with Gasteiger partial charge >= 0.3 is 0 Å². The van der Waals surface area contributed by atoms with E-state index in [-0.39, 0.29) is 0 Å². The van der Waals surface area contributed by atoms with Crippen molar-refractivity contribution in [3.05, 3.63) is 200 Å². The number of rotatable bonds is 0. The number of hydrogen-bond acceptors (Lipinski definition) is 2. The molecule has 3 aromatic heterocycles. The second kappa shape index (κ2) is 12.2.